The largest absolute Gasteiger partial charge is 0.482 e. The van der Waals surface area contributed by atoms with E-state index in [-0.39, 0.29) is 6.61 Å². The van der Waals surface area contributed by atoms with Crippen LogP contribution in [0, 0.1) is 0 Å². The lowest BCUT2D eigenvalue weighted by Gasteiger charge is -2.10. The lowest BCUT2D eigenvalue weighted by atomic mass is 10.1. The van der Waals surface area contributed by atoms with E-state index in [1.165, 1.54) is 5.56 Å². The third kappa shape index (κ3) is 4.31. The molecular formula is C12H17NO3. The second kappa shape index (κ2) is 6.12. The Labute approximate surface area is 95.2 Å². The predicted molar refractivity (Wildman–Crippen MR) is 61.8 cm³/mol. The number of nitrogens with one attached hydrogen (secondary N) is 1. The van der Waals surface area contributed by atoms with Crippen molar-refractivity contribution in [1.29, 1.82) is 0 Å². The Kier molecular flexibility index (Phi) is 4.79. The molecule has 0 aliphatic rings. The van der Waals surface area contributed by atoms with Crippen molar-refractivity contribution in [2.75, 3.05) is 13.7 Å². The number of aliphatic carboxylic acids is 1. The van der Waals surface area contributed by atoms with Gasteiger partial charge in [-0.05, 0) is 38.1 Å². The van der Waals surface area contributed by atoms with E-state index in [4.69, 9.17) is 9.84 Å². The van der Waals surface area contributed by atoms with Crippen LogP contribution in [0.1, 0.15) is 12.5 Å². The summed E-state index contributed by atoms with van der Waals surface area (Å²) in [6.45, 7) is 1.81. The second-order valence-corrected chi connectivity index (χ2v) is 3.72. The summed E-state index contributed by atoms with van der Waals surface area (Å²) in [5.41, 5.74) is 1.20. The average molecular weight is 223 g/mol. The van der Waals surface area contributed by atoms with Crippen LogP contribution < -0.4 is 10.1 Å². The molecule has 88 valence electrons. The first-order valence-corrected chi connectivity index (χ1v) is 5.22. The molecule has 1 aromatic rings. The minimum Gasteiger partial charge on any atom is -0.482 e. The fourth-order valence-electron chi connectivity index (χ4n) is 1.32. The van der Waals surface area contributed by atoms with Crippen molar-refractivity contribution in [1.82, 2.24) is 5.32 Å². The third-order valence-electron chi connectivity index (χ3n) is 2.32. The van der Waals surface area contributed by atoms with Crippen LogP contribution in [0.25, 0.3) is 0 Å². The molecule has 4 heteroatoms. The molecule has 0 bridgehead atoms. The number of carboxylic acid groups (broad SMARTS) is 1. The van der Waals surface area contributed by atoms with Crippen molar-refractivity contribution < 1.29 is 14.6 Å². The number of hydrogen-bond acceptors (Lipinski definition) is 3. The van der Waals surface area contributed by atoms with Crippen LogP contribution in [0.15, 0.2) is 24.3 Å². The van der Waals surface area contributed by atoms with Crippen LogP contribution in [0.4, 0.5) is 0 Å². The molecule has 1 rings (SSSR count). The molecule has 16 heavy (non-hydrogen) atoms. The van der Waals surface area contributed by atoms with Gasteiger partial charge in [-0.1, -0.05) is 12.1 Å². The number of carboxylic acids is 1. The molecule has 0 amide bonds. The molecule has 0 radical (unpaired) electrons. The maximum Gasteiger partial charge on any atom is 0.341 e. The van der Waals surface area contributed by atoms with Gasteiger partial charge in [0.25, 0.3) is 0 Å². The van der Waals surface area contributed by atoms with Crippen molar-refractivity contribution in [2.45, 2.75) is 19.4 Å². The lowest BCUT2D eigenvalue weighted by Crippen LogP contribution is -2.23. The van der Waals surface area contributed by atoms with Gasteiger partial charge >= 0.3 is 5.97 Å². The summed E-state index contributed by atoms with van der Waals surface area (Å²) in [7, 11) is 1.93. The summed E-state index contributed by atoms with van der Waals surface area (Å²) in [5.74, 6) is -0.379. The van der Waals surface area contributed by atoms with E-state index in [0.29, 0.717) is 11.8 Å². The molecule has 0 aliphatic heterocycles. The van der Waals surface area contributed by atoms with E-state index < -0.39 is 5.97 Å². The van der Waals surface area contributed by atoms with E-state index in [2.05, 4.69) is 12.2 Å². The zero-order chi connectivity index (χ0) is 12.0. The molecule has 0 heterocycles. The van der Waals surface area contributed by atoms with Gasteiger partial charge in [0, 0.05) is 6.04 Å². The Morgan fingerprint density at radius 2 is 2.06 bits per heavy atom. The first kappa shape index (κ1) is 12.5. The van der Waals surface area contributed by atoms with E-state index in [1.54, 1.807) is 12.1 Å². The van der Waals surface area contributed by atoms with Gasteiger partial charge in [0.1, 0.15) is 5.75 Å². The summed E-state index contributed by atoms with van der Waals surface area (Å²) >= 11 is 0. The minimum absolute atomic E-state index is 0.299. The van der Waals surface area contributed by atoms with Gasteiger partial charge < -0.3 is 15.2 Å². The molecule has 4 nitrogen and oxygen atoms in total. The number of ether oxygens (including phenoxy) is 1. The Morgan fingerprint density at radius 3 is 2.56 bits per heavy atom. The second-order valence-electron chi connectivity index (χ2n) is 3.72. The van der Waals surface area contributed by atoms with E-state index in [9.17, 15) is 4.79 Å². The number of likely N-dealkylation sites (N-methyl/N-ethyl adjacent to an activating group) is 1. The van der Waals surface area contributed by atoms with Gasteiger partial charge in [-0.2, -0.15) is 0 Å². The SMILES string of the molecule is CNC(C)Cc1ccc(OCC(=O)O)cc1. The zero-order valence-electron chi connectivity index (χ0n) is 9.56. The van der Waals surface area contributed by atoms with Gasteiger partial charge in [0.15, 0.2) is 6.61 Å². The Morgan fingerprint density at radius 1 is 1.44 bits per heavy atom. The number of rotatable bonds is 6. The Balaban J connectivity index is 2.50. The first-order valence-electron chi connectivity index (χ1n) is 5.22. The van der Waals surface area contributed by atoms with Crippen molar-refractivity contribution >= 4 is 5.97 Å². The molecule has 0 fully saturated rings. The molecule has 1 atom stereocenters. The Hall–Kier alpha value is -1.55. The highest BCUT2D eigenvalue weighted by Crippen LogP contribution is 2.13. The molecule has 0 spiro atoms. The zero-order valence-corrected chi connectivity index (χ0v) is 9.56. The quantitative estimate of drug-likeness (QED) is 0.763. The molecule has 0 aliphatic carbocycles. The van der Waals surface area contributed by atoms with Crippen LogP contribution >= 0.6 is 0 Å². The fourth-order valence-corrected chi connectivity index (χ4v) is 1.32. The highest BCUT2D eigenvalue weighted by molar-refractivity contribution is 5.68. The van der Waals surface area contributed by atoms with E-state index in [0.717, 1.165) is 6.42 Å². The molecular weight excluding hydrogens is 206 g/mol. The highest BCUT2D eigenvalue weighted by Gasteiger charge is 2.02. The average Bonchev–Trinajstić information content (AvgIpc) is 2.28. The monoisotopic (exact) mass is 223 g/mol. The summed E-state index contributed by atoms with van der Waals surface area (Å²) in [6, 6.07) is 7.91. The van der Waals surface area contributed by atoms with Crippen molar-refractivity contribution in [3.8, 4) is 5.75 Å². The molecule has 2 N–H and O–H groups in total. The summed E-state index contributed by atoms with van der Waals surface area (Å²) in [4.78, 5) is 10.3. The van der Waals surface area contributed by atoms with Crippen molar-refractivity contribution in [3.05, 3.63) is 29.8 Å². The standard InChI is InChI=1S/C12H17NO3/c1-9(13-2)7-10-3-5-11(6-4-10)16-8-12(14)15/h3-6,9,13H,7-8H2,1-2H3,(H,14,15). The van der Waals surface area contributed by atoms with Crippen LogP contribution in [0.3, 0.4) is 0 Å². The third-order valence-corrected chi connectivity index (χ3v) is 2.32. The van der Waals surface area contributed by atoms with Crippen molar-refractivity contribution in [2.24, 2.45) is 0 Å². The summed E-state index contributed by atoms with van der Waals surface area (Å²) < 4.78 is 5.04. The number of hydrogen-bond donors (Lipinski definition) is 2. The van der Waals surface area contributed by atoms with Gasteiger partial charge in [0.2, 0.25) is 0 Å². The normalized spacial score (nSPS) is 12.1. The first-order chi connectivity index (χ1) is 7.61. The predicted octanol–water partition coefficient (Wildman–Crippen LogP) is 1.30. The van der Waals surface area contributed by atoms with Crippen LogP contribution in [-0.2, 0) is 11.2 Å². The number of carbonyl (C=O) groups is 1. The van der Waals surface area contributed by atoms with Crippen LogP contribution in [0.5, 0.6) is 5.75 Å². The maximum atomic E-state index is 10.3. The Bertz CT molecular complexity index is 335. The number of benzene rings is 1. The molecule has 1 unspecified atom stereocenters. The van der Waals surface area contributed by atoms with Gasteiger partial charge in [-0.25, -0.2) is 4.79 Å². The molecule has 1 aromatic carbocycles. The van der Waals surface area contributed by atoms with E-state index >= 15 is 0 Å². The van der Waals surface area contributed by atoms with Gasteiger partial charge in [-0.3, -0.25) is 0 Å². The van der Waals surface area contributed by atoms with Crippen molar-refractivity contribution in [3.63, 3.8) is 0 Å². The van der Waals surface area contributed by atoms with Gasteiger partial charge in [0.05, 0.1) is 0 Å². The van der Waals surface area contributed by atoms with E-state index in [1.807, 2.05) is 19.2 Å². The fraction of sp³-hybridized carbons (Fsp3) is 0.417. The van der Waals surface area contributed by atoms with Gasteiger partial charge in [-0.15, -0.1) is 0 Å². The molecule has 0 saturated carbocycles. The topological polar surface area (TPSA) is 58.6 Å². The van der Waals surface area contributed by atoms with Crippen LogP contribution in [-0.4, -0.2) is 30.8 Å². The summed E-state index contributed by atoms with van der Waals surface area (Å²) in [5, 5.41) is 11.6. The lowest BCUT2D eigenvalue weighted by molar-refractivity contribution is -0.139. The molecule has 0 aromatic heterocycles. The maximum absolute atomic E-state index is 10.3. The summed E-state index contributed by atoms with van der Waals surface area (Å²) in [6.07, 6.45) is 0.940. The van der Waals surface area contributed by atoms with Crippen LogP contribution in [0.2, 0.25) is 0 Å². The molecule has 0 saturated heterocycles. The minimum atomic E-state index is -0.965. The smallest absolute Gasteiger partial charge is 0.341 e. The highest BCUT2D eigenvalue weighted by atomic mass is 16.5.